The van der Waals surface area contributed by atoms with Crippen molar-refractivity contribution in [2.45, 2.75) is 33.1 Å². The molecule has 1 saturated heterocycles. The molecule has 0 unspecified atom stereocenters. The van der Waals surface area contributed by atoms with Crippen LogP contribution >= 0.6 is 0 Å². The van der Waals surface area contributed by atoms with Gasteiger partial charge in [-0.15, -0.1) is 0 Å². The quantitative estimate of drug-likeness (QED) is 0.554. The summed E-state index contributed by atoms with van der Waals surface area (Å²) in [5.41, 5.74) is 0. The molecule has 0 aromatic heterocycles. The Bertz CT molecular complexity index is 273. The Morgan fingerprint density at radius 1 is 1.11 bits per heavy atom. The normalized spacial score (nSPS) is 16.7. The predicted octanol–water partition coefficient (Wildman–Crippen LogP) is 0.457. The molecule has 5 nitrogen and oxygen atoms in total. The van der Waals surface area contributed by atoms with Crippen molar-refractivity contribution >= 4 is 11.8 Å². The first-order valence-corrected chi connectivity index (χ1v) is 6.94. The largest absolute Gasteiger partial charge is 0.356 e. The molecule has 0 aromatic rings. The van der Waals surface area contributed by atoms with Crippen molar-refractivity contribution in [2.75, 3.05) is 39.3 Å². The van der Waals surface area contributed by atoms with Crippen LogP contribution in [0.5, 0.6) is 0 Å². The van der Waals surface area contributed by atoms with Gasteiger partial charge < -0.3 is 15.1 Å². The van der Waals surface area contributed by atoms with E-state index in [4.69, 9.17) is 0 Å². The monoisotopic (exact) mass is 255 g/mol. The molecule has 1 aliphatic rings. The first-order valence-electron chi connectivity index (χ1n) is 6.94. The first-order chi connectivity index (χ1) is 8.67. The number of piperazine rings is 1. The van der Waals surface area contributed by atoms with Gasteiger partial charge in [0.05, 0.1) is 0 Å². The van der Waals surface area contributed by atoms with Gasteiger partial charge in [0.15, 0.2) is 0 Å². The number of rotatable bonds is 6. The molecule has 0 aliphatic carbocycles. The van der Waals surface area contributed by atoms with Crippen molar-refractivity contribution in [2.24, 2.45) is 0 Å². The molecule has 0 bridgehead atoms. The second-order valence-electron chi connectivity index (χ2n) is 4.70. The van der Waals surface area contributed by atoms with E-state index in [1.807, 2.05) is 0 Å². The second kappa shape index (κ2) is 8.08. The Labute approximate surface area is 110 Å². The van der Waals surface area contributed by atoms with Gasteiger partial charge in [0, 0.05) is 32.7 Å². The Morgan fingerprint density at radius 2 is 1.78 bits per heavy atom. The number of amides is 2. The fraction of sp³-hybridized carbons (Fsp3) is 0.846. The number of unbranched alkanes of at least 4 members (excludes halogenated alkanes) is 1. The molecule has 1 fully saturated rings. The summed E-state index contributed by atoms with van der Waals surface area (Å²) in [7, 11) is 0. The highest BCUT2D eigenvalue weighted by Crippen LogP contribution is 2.03. The molecular weight excluding hydrogens is 230 g/mol. The van der Waals surface area contributed by atoms with Crippen molar-refractivity contribution in [3.05, 3.63) is 0 Å². The third-order valence-corrected chi connectivity index (χ3v) is 3.34. The number of likely N-dealkylation sites (N-methyl/N-ethyl adjacent to an activating group) is 1. The molecule has 18 heavy (non-hydrogen) atoms. The zero-order valence-corrected chi connectivity index (χ0v) is 11.6. The standard InChI is InChI=1S/C13H25N3O2/c1-3-5-6-14-12(17)11-13(18)16-9-7-15(4-2)8-10-16/h3-11H2,1-2H3,(H,14,17). The van der Waals surface area contributed by atoms with Gasteiger partial charge in [-0.2, -0.15) is 0 Å². The van der Waals surface area contributed by atoms with E-state index in [0.717, 1.165) is 45.6 Å². The third-order valence-electron chi connectivity index (χ3n) is 3.34. The first kappa shape index (κ1) is 15.0. The molecule has 104 valence electrons. The van der Waals surface area contributed by atoms with Crippen molar-refractivity contribution < 1.29 is 9.59 Å². The van der Waals surface area contributed by atoms with Gasteiger partial charge in [-0.05, 0) is 13.0 Å². The van der Waals surface area contributed by atoms with E-state index in [2.05, 4.69) is 24.1 Å². The fourth-order valence-corrected chi connectivity index (χ4v) is 2.03. The third kappa shape index (κ3) is 5.04. The molecule has 0 atom stereocenters. The Balaban J connectivity index is 2.22. The molecule has 0 saturated carbocycles. The zero-order chi connectivity index (χ0) is 13.4. The second-order valence-corrected chi connectivity index (χ2v) is 4.70. The van der Waals surface area contributed by atoms with Crippen LogP contribution < -0.4 is 5.32 Å². The average molecular weight is 255 g/mol. The van der Waals surface area contributed by atoms with Gasteiger partial charge in [0.25, 0.3) is 0 Å². The molecule has 1 aliphatic heterocycles. The van der Waals surface area contributed by atoms with Crippen LogP contribution in [0, 0.1) is 0 Å². The molecule has 1 N–H and O–H groups in total. The SMILES string of the molecule is CCCCNC(=O)CC(=O)N1CCN(CC)CC1. The zero-order valence-electron chi connectivity index (χ0n) is 11.6. The fourth-order valence-electron chi connectivity index (χ4n) is 2.03. The lowest BCUT2D eigenvalue weighted by Gasteiger charge is -2.33. The van der Waals surface area contributed by atoms with Crippen molar-refractivity contribution in [1.29, 1.82) is 0 Å². The predicted molar refractivity (Wildman–Crippen MR) is 71.2 cm³/mol. The number of hydrogen-bond donors (Lipinski definition) is 1. The van der Waals surface area contributed by atoms with Gasteiger partial charge >= 0.3 is 0 Å². The van der Waals surface area contributed by atoms with Crippen LogP contribution in [0.2, 0.25) is 0 Å². The van der Waals surface area contributed by atoms with Crippen LogP contribution in [0.1, 0.15) is 33.1 Å². The number of carbonyl (C=O) groups is 2. The van der Waals surface area contributed by atoms with E-state index in [1.165, 1.54) is 0 Å². The maximum Gasteiger partial charge on any atom is 0.232 e. The van der Waals surface area contributed by atoms with E-state index >= 15 is 0 Å². The molecule has 2 amide bonds. The lowest BCUT2D eigenvalue weighted by atomic mass is 10.2. The summed E-state index contributed by atoms with van der Waals surface area (Å²) in [5.74, 6) is -0.189. The van der Waals surface area contributed by atoms with Crippen LogP contribution in [0.25, 0.3) is 0 Å². The van der Waals surface area contributed by atoms with Crippen LogP contribution in [-0.4, -0.2) is 60.9 Å². The summed E-state index contributed by atoms with van der Waals surface area (Å²) in [4.78, 5) is 27.5. The van der Waals surface area contributed by atoms with Crippen molar-refractivity contribution in [1.82, 2.24) is 15.1 Å². The molecule has 0 radical (unpaired) electrons. The molecule has 0 aromatic carbocycles. The maximum atomic E-state index is 11.9. The topological polar surface area (TPSA) is 52.7 Å². The summed E-state index contributed by atoms with van der Waals surface area (Å²) in [5, 5.41) is 2.78. The molecule has 5 heteroatoms. The van der Waals surface area contributed by atoms with Crippen LogP contribution in [0.4, 0.5) is 0 Å². The highest BCUT2D eigenvalue weighted by molar-refractivity contribution is 5.96. The summed E-state index contributed by atoms with van der Waals surface area (Å²) < 4.78 is 0. The number of hydrogen-bond acceptors (Lipinski definition) is 3. The van der Waals surface area contributed by atoms with E-state index in [9.17, 15) is 9.59 Å². The van der Waals surface area contributed by atoms with E-state index in [0.29, 0.717) is 6.54 Å². The van der Waals surface area contributed by atoms with Crippen LogP contribution in [-0.2, 0) is 9.59 Å². The van der Waals surface area contributed by atoms with E-state index in [-0.39, 0.29) is 18.2 Å². The minimum Gasteiger partial charge on any atom is -0.356 e. The summed E-state index contributed by atoms with van der Waals surface area (Å²) in [6, 6.07) is 0. The van der Waals surface area contributed by atoms with Crippen molar-refractivity contribution in [3.63, 3.8) is 0 Å². The summed E-state index contributed by atoms with van der Waals surface area (Å²) in [6.07, 6.45) is 2.01. The number of carbonyl (C=O) groups excluding carboxylic acids is 2. The highest BCUT2D eigenvalue weighted by atomic mass is 16.2. The Morgan fingerprint density at radius 3 is 2.33 bits per heavy atom. The van der Waals surface area contributed by atoms with Crippen LogP contribution in [0.3, 0.4) is 0 Å². The smallest absolute Gasteiger partial charge is 0.232 e. The molecule has 0 spiro atoms. The molecule has 1 rings (SSSR count). The highest BCUT2D eigenvalue weighted by Gasteiger charge is 2.21. The van der Waals surface area contributed by atoms with Crippen molar-refractivity contribution in [3.8, 4) is 0 Å². The van der Waals surface area contributed by atoms with E-state index in [1.54, 1.807) is 4.90 Å². The summed E-state index contributed by atoms with van der Waals surface area (Å²) in [6.45, 7) is 9.22. The van der Waals surface area contributed by atoms with Gasteiger partial charge in [-0.3, -0.25) is 9.59 Å². The minimum atomic E-state index is -0.147. The lowest BCUT2D eigenvalue weighted by molar-refractivity contribution is -0.137. The Kier molecular flexibility index (Phi) is 6.72. The van der Waals surface area contributed by atoms with Gasteiger partial charge in [-0.1, -0.05) is 20.3 Å². The Hall–Kier alpha value is -1.10. The summed E-state index contributed by atoms with van der Waals surface area (Å²) >= 11 is 0. The minimum absolute atomic E-state index is 0.00413. The number of nitrogens with one attached hydrogen (secondary N) is 1. The lowest BCUT2D eigenvalue weighted by Crippen LogP contribution is -2.49. The number of nitrogens with zero attached hydrogens (tertiary/aromatic N) is 2. The maximum absolute atomic E-state index is 11.9. The molecular formula is C13H25N3O2. The van der Waals surface area contributed by atoms with Gasteiger partial charge in [-0.25, -0.2) is 0 Å². The van der Waals surface area contributed by atoms with E-state index < -0.39 is 0 Å². The van der Waals surface area contributed by atoms with Gasteiger partial charge in [0.1, 0.15) is 6.42 Å². The van der Waals surface area contributed by atoms with Crippen LogP contribution in [0.15, 0.2) is 0 Å². The average Bonchev–Trinajstić information content (AvgIpc) is 2.39. The van der Waals surface area contributed by atoms with Gasteiger partial charge in [0.2, 0.25) is 11.8 Å². The molecule has 1 heterocycles.